The smallest absolute Gasteiger partial charge is 0.131 e. The van der Waals surface area contributed by atoms with Crippen molar-refractivity contribution in [2.75, 3.05) is 0 Å². The normalized spacial score (nSPS) is 10.7. The molecule has 3 aromatic carbocycles. The lowest BCUT2D eigenvalue weighted by Gasteiger charge is -2.11. The van der Waals surface area contributed by atoms with Gasteiger partial charge in [0, 0.05) is 6.07 Å². The Morgan fingerprint density at radius 3 is 2.20 bits per heavy atom. The van der Waals surface area contributed by atoms with Gasteiger partial charge >= 0.3 is 0 Å². The molecule has 2 nitrogen and oxygen atoms in total. The molecule has 128 valence electrons. The Hall–Kier alpha value is -2.74. The summed E-state index contributed by atoms with van der Waals surface area (Å²) in [5.41, 5.74) is 3.74. The molecular weight excluding hydrogens is 308 g/mol. The van der Waals surface area contributed by atoms with E-state index in [0.29, 0.717) is 12.5 Å². The van der Waals surface area contributed by atoms with Gasteiger partial charge in [0.2, 0.25) is 0 Å². The summed E-state index contributed by atoms with van der Waals surface area (Å²) in [6.07, 6.45) is 0. The van der Waals surface area contributed by atoms with Gasteiger partial charge in [-0.3, -0.25) is 0 Å². The summed E-state index contributed by atoms with van der Waals surface area (Å²) in [5.74, 6) is 2.94. The molecule has 0 atom stereocenters. The molecule has 0 N–H and O–H groups in total. The van der Waals surface area contributed by atoms with E-state index in [-0.39, 0.29) is 0 Å². The lowest BCUT2D eigenvalue weighted by atomic mass is 10.0. The second-order valence-electron chi connectivity index (χ2n) is 6.52. The first-order valence-electron chi connectivity index (χ1n) is 8.67. The molecule has 0 heterocycles. The number of benzene rings is 3. The third-order valence-corrected chi connectivity index (χ3v) is 4.24. The summed E-state index contributed by atoms with van der Waals surface area (Å²) in [6, 6.07) is 24.3. The number of hydrogen-bond donors (Lipinski definition) is 0. The number of ether oxygens (including phenoxy) is 2. The van der Waals surface area contributed by atoms with E-state index < -0.39 is 0 Å². The standard InChI is InChI=1S/C23H24O2/c1-17(2)19-11-13-21(14-12-19)25-23-10-6-9-22(15-23)24-16-20-8-5-4-7-18(20)3/h4-15,17H,16H2,1-3H3. The summed E-state index contributed by atoms with van der Waals surface area (Å²) in [4.78, 5) is 0. The highest BCUT2D eigenvalue weighted by molar-refractivity contribution is 5.38. The van der Waals surface area contributed by atoms with E-state index in [0.717, 1.165) is 17.2 Å². The topological polar surface area (TPSA) is 18.5 Å². The van der Waals surface area contributed by atoms with E-state index in [9.17, 15) is 0 Å². The van der Waals surface area contributed by atoms with Crippen LogP contribution in [0.3, 0.4) is 0 Å². The molecule has 0 aliphatic rings. The minimum atomic E-state index is 0.521. The fraction of sp³-hybridized carbons (Fsp3) is 0.217. The van der Waals surface area contributed by atoms with Crippen molar-refractivity contribution in [3.8, 4) is 17.2 Å². The third kappa shape index (κ3) is 4.63. The second kappa shape index (κ2) is 7.89. The molecule has 0 saturated carbocycles. The highest BCUT2D eigenvalue weighted by Crippen LogP contribution is 2.27. The number of rotatable bonds is 6. The van der Waals surface area contributed by atoms with E-state index in [1.165, 1.54) is 16.7 Å². The summed E-state index contributed by atoms with van der Waals surface area (Å²) in [7, 11) is 0. The molecule has 0 radical (unpaired) electrons. The number of aryl methyl sites for hydroxylation is 1. The summed E-state index contributed by atoms with van der Waals surface area (Å²) in [6.45, 7) is 7.02. The van der Waals surface area contributed by atoms with Crippen LogP contribution in [-0.4, -0.2) is 0 Å². The Kier molecular flexibility index (Phi) is 5.39. The van der Waals surface area contributed by atoms with Gasteiger partial charge in [-0.1, -0.05) is 56.3 Å². The monoisotopic (exact) mass is 332 g/mol. The van der Waals surface area contributed by atoms with Crippen LogP contribution < -0.4 is 9.47 Å². The van der Waals surface area contributed by atoms with Gasteiger partial charge in [-0.15, -0.1) is 0 Å². The summed E-state index contributed by atoms with van der Waals surface area (Å²) in [5, 5.41) is 0. The van der Waals surface area contributed by atoms with Crippen LogP contribution in [0.4, 0.5) is 0 Å². The average molecular weight is 332 g/mol. The predicted octanol–water partition coefficient (Wildman–Crippen LogP) is 6.49. The van der Waals surface area contributed by atoms with Crippen molar-refractivity contribution in [1.82, 2.24) is 0 Å². The van der Waals surface area contributed by atoms with Crippen LogP contribution in [-0.2, 0) is 6.61 Å². The maximum Gasteiger partial charge on any atom is 0.131 e. The highest BCUT2D eigenvalue weighted by atomic mass is 16.5. The van der Waals surface area contributed by atoms with Gasteiger partial charge in [0.25, 0.3) is 0 Å². The maximum absolute atomic E-state index is 5.95. The molecule has 2 heteroatoms. The first-order chi connectivity index (χ1) is 12.1. The Balaban J connectivity index is 1.66. The van der Waals surface area contributed by atoms with Crippen LogP contribution in [0.15, 0.2) is 72.8 Å². The molecule has 0 bridgehead atoms. The molecular formula is C23H24O2. The van der Waals surface area contributed by atoms with Gasteiger partial charge in [-0.25, -0.2) is 0 Å². The zero-order valence-corrected chi connectivity index (χ0v) is 15.0. The van der Waals surface area contributed by atoms with Crippen LogP contribution >= 0.6 is 0 Å². The molecule has 0 amide bonds. The molecule has 0 spiro atoms. The van der Waals surface area contributed by atoms with Gasteiger partial charge in [-0.05, 0) is 53.8 Å². The molecule has 0 saturated heterocycles. The van der Waals surface area contributed by atoms with Crippen LogP contribution in [0.2, 0.25) is 0 Å². The molecule has 0 fully saturated rings. The van der Waals surface area contributed by atoms with Crippen LogP contribution in [0.5, 0.6) is 17.2 Å². The van der Waals surface area contributed by atoms with E-state index in [4.69, 9.17) is 9.47 Å². The minimum Gasteiger partial charge on any atom is -0.489 e. The third-order valence-electron chi connectivity index (χ3n) is 4.24. The van der Waals surface area contributed by atoms with Gasteiger partial charge in [0.05, 0.1) is 0 Å². The molecule has 0 aliphatic carbocycles. The Morgan fingerprint density at radius 1 is 0.760 bits per heavy atom. The number of hydrogen-bond acceptors (Lipinski definition) is 2. The minimum absolute atomic E-state index is 0.521. The first kappa shape index (κ1) is 17.1. The fourth-order valence-corrected chi connectivity index (χ4v) is 2.62. The molecule has 25 heavy (non-hydrogen) atoms. The lowest BCUT2D eigenvalue weighted by Crippen LogP contribution is -1.97. The van der Waals surface area contributed by atoms with E-state index >= 15 is 0 Å². The molecule has 3 rings (SSSR count). The van der Waals surface area contributed by atoms with Crippen molar-refractivity contribution in [3.05, 3.63) is 89.5 Å². The fourth-order valence-electron chi connectivity index (χ4n) is 2.62. The van der Waals surface area contributed by atoms with Gasteiger partial charge in [0.1, 0.15) is 23.9 Å². The zero-order valence-electron chi connectivity index (χ0n) is 15.0. The average Bonchev–Trinajstić information content (AvgIpc) is 2.62. The van der Waals surface area contributed by atoms with E-state index in [1.807, 2.05) is 48.5 Å². The molecule has 3 aromatic rings. The molecule has 0 aromatic heterocycles. The van der Waals surface area contributed by atoms with Crippen molar-refractivity contribution >= 4 is 0 Å². The SMILES string of the molecule is Cc1ccccc1COc1cccc(Oc2ccc(C(C)C)cc2)c1. The summed E-state index contributed by atoms with van der Waals surface area (Å²) >= 11 is 0. The Bertz CT molecular complexity index is 820. The van der Waals surface area contributed by atoms with Gasteiger partial charge < -0.3 is 9.47 Å². The van der Waals surface area contributed by atoms with Crippen molar-refractivity contribution in [2.24, 2.45) is 0 Å². The van der Waals surface area contributed by atoms with Crippen molar-refractivity contribution in [3.63, 3.8) is 0 Å². The van der Waals surface area contributed by atoms with Crippen molar-refractivity contribution in [2.45, 2.75) is 33.3 Å². The molecule has 0 unspecified atom stereocenters. The maximum atomic E-state index is 5.95. The van der Waals surface area contributed by atoms with E-state index in [1.54, 1.807) is 0 Å². The van der Waals surface area contributed by atoms with Crippen molar-refractivity contribution in [1.29, 1.82) is 0 Å². The zero-order chi connectivity index (χ0) is 17.6. The Morgan fingerprint density at radius 2 is 1.48 bits per heavy atom. The van der Waals surface area contributed by atoms with Crippen LogP contribution in [0, 0.1) is 6.92 Å². The van der Waals surface area contributed by atoms with Gasteiger partial charge in [0.15, 0.2) is 0 Å². The highest BCUT2D eigenvalue weighted by Gasteiger charge is 2.03. The first-order valence-corrected chi connectivity index (χ1v) is 8.67. The van der Waals surface area contributed by atoms with Gasteiger partial charge in [-0.2, -0.15) is 0 Å². The molecule has 0 aliphatic heterocycles. The largest absolute Gasteiger partial charge is 0.489 e. The van der Waals surface area contributed by atoms with Crippen LogP contribution in [0.25, 0.3) is 0 Å². The van der Waals surface area contributed by atoms with Crippen molar-refractivity contribution < 1.29 is 9.47 Å². The summed E-state index contributed by atoms with van der Waals surface area (Å²) < 4.78 is 11.9. The lowest BCUT2D eigenvalue weighted by molar-refractivity contribution is 0.304. The quantitative estimate of drug-likeness (QED) is 0.513. The van der Waals surface area contributed by atoms with Crippen LogP contribution in [0.1, 0.15) is 36.5 Å². The Labute approximate surface area is 150 Å². The second-order valence-corrected chi connectivity index (χ2v) is 6.52. The predicted molar refractivity (Wildman–Crippen MR) is 103 cm³/mol. The van der Waals surface area contributed by atoms with E-state index in [2.05, 4.69) is 45.0 Å².